The molecule has 6 nitrogen and oxygen atoms in total. The second kappa shape index (κ2) is 6.99. The first-order valence-electron chi connectivity index (χ1n) is 8.96. The van der Waals surface area contributed by atoms with Gasteiger partial charge in [0.05, 0.1) is 19.6 Å². The standard InChI is InChI=1S/C21H24N2O4/c1-5-26-15-7-6-12(8-16(15)25-4)18-13(11-22)20(23)27-17-10-21(2,3)9-14(24)19(17)18/h6-8,18H,5,9-10,23H2,1-4H3/t18-/m0/s1. The van der Waals surface area contributed by atoms with Crippen molar-refractivity contribution in [1.29, 1.82) is 5.26 Å². The van der Waals surface area contributed by atoms with E-state index < -0.39 is 5.92 Å². The van der Waals surface area contributed by atoms with Crippen molar-refractivity contribution in [3.05, 3.63) is 46.6 Å². The van der Waals surface area contributed by atoms with E-state index in [2.05, 4.69) is 6.07 Å². The number of ether oxygens (including phenoxy) is 3. The average Bonchev–Trinajstić information content (AvgIpc) is 2.60. The van der Waals surface area contributed by atoms with Gasteiger partial charge < -0.3 is 19.9 Å². The Hall–Kier alpha value is -2.94. The fraction of sp³-hybridized carbons (Fsp3) is 0.429. The van der Waals surface area contributed by atoms with Crippen molar-refractivity contribution in [3.63, 3.8) is 0 Å². The van der Waals surface area contributed by atoms with Gasteiger partial charge in [-0.15, -0.1) is 0 Å². The highest BCUT2D eigenvalue weighted by atomic mass is 16.5. The van der Waals surface area contributed by atoms with Crippen molar-refractivity contribution < 1.29 is 19.0 Å². The first kappa shape index (κ1) is 18.8. The number of methoxy groups -OCH3 is 1. The highest BCUT2D eigenvalue weighted by Crippen LogP contribution is 2.48. The molecule has 1 heterocycles. The predicted octanol–water partition coefficient (Wildman–Crippen LogP) is 3.54. The van der Waals surface area contributed by atoms with Crippen molar-refractivity contribution in [2.45, 2.75) is 39.5 Å². The second-order valence-electron chi connectivity index (χ2n) is 7.55. The van der Waals surface area contributed by atoms with E-state index in [1.165, 1.54) is 0 Å². The molecule has 0 aromatic heterocycles. The maximum Gasteiger partial charge on any atom is 0.205 e. The molecule has 0 amide bonds. The third kappa shape index (κ3) is 3.37. The van der Waals surface area contributed by atoms with Crippen LogP contribution in [-0.2, 0) is 9.53 Å². The van der Waals surface area contributed by atoms with Crippen LogP contribution in [0.25, 0.3) is 0 Å². The van der Waals surface area contributed by atoms with E-state index >= 15 is 0 Å². The van der Waals surface area contributed by atoms with Gasteiger partial charge in [0.2, 0.25) is 5.88 Å². The Morgan fingerprint density at radius 2 is 2.07 bits per heavy atom. The summed E-state index contributed by atoms with van der Waals surface area (Å²) in [6.45, 7) is 6.44. The molecule has 6 heteroatoms. The van der Waals surface area contributed by atoms with E-state index in [9.17, 15) is 10.1 Å². The molecule has 1 aromatic carbocycles. The summed E-state index contributed by atoms with van der Waals surface area (Å²) in [5.74, 6) is 1.19. The van der Waals surface area contributed by atoms with Gasteiger partial charge in [-0.25, -0.2) is 0 Å². The minimum absolute atomic E-state index is 0.0145. The van der Waals surface area contributed by atoms with E-state index in [1.807, 2.05) is 26.8 Å². The van der Waals surface area contributed by atoms with Gasteiger partial charge in [0.15, 0.2) is 17.3 Å². The number of rotatable bonds is 4. The molecule has 0 radical (unpaired) electrons. The number of nitriles is 1. The smallest absolute Gasteiger partial charge is 0.205 e. The van der Waals surface area contributed by atoms with Crippen molar-refractivity contribution in [2.24, 2.45) is 11.1 Å². The molecule has 1 aromatic rings. The number of carbonyl (C=O) groups is 1. The topological polar surface area (TPSA) is 94.6 Å². The van der Waals surface area contributed by atoms with Crippen molar-refractivity contribution in [1.82, 2.24) is 0 Å². The number of allylic oxidation sites excluding steroid dienone is 3. The number of Topliss-reactive ketones (excluding diaryl/α,β-unsaturated/α-hetero) is 1. The van der Waals surface area contributed by atoms with Gasteiger partial charge in [0.1, 0.15) is 17.4 Å². The number of hydrogen-bond acceptors (Lipinski definition) is 6. The molecular weight excluding hydrogens is 344 g/mol. The first-order valence-corrected chi connectivity index (χ1v) is 8.96. The summed E-state index contributed by atoms with van der Waals surface area (Å²) in [5, 5.41) is 9.68. The van der Waals surface area contributed by atoms with Crippen molar-refractivity contribution >= 4 is 5.78 Å². The van der Waals surface area contributed by atoms with Crippen molar-refractivity contribution in [2.75, 3.05) is 13.7 Å². The Bertz CT molecular complexity index is 890. The number of nitrogens with two attached hydrogens (primary N) is 1. The molecule has 0 saturated carbocycles. The Morgan fingerprint density at radius 3 is 2.70 bits per heavy atom. The molecule has 0 unspecified atom stereocenters. The van der Waals surface area contributed by atoms with Gasteiger partial charge in [-0.1, -0.05) is 19.9 Å². The van der Waals surface area contributed by atoms with Gasteiger partial charge >= 0.3 is 0 Å². The average molecular weight is 368 g/mol. The number of ketones is 1. The lowest BCUT2D eigenvalue weighted by molar-refractivity contribution is -0.119. The largest absolute Gasteiger partial charge is 0.493 e. The van der Waals surface area contributed by atoms with Gasteiger partial charge in [-0.3, -0.25) is 4.79 Å². The molecule has 0 spiro atoms. The van der Waals surface area contributed by atoms with Crippen LogP contribution in [0.1, 0.15) is 45.1 Å². The highest BCUT2D eigenvalue weighted by molar-refractivity contribution is 6.00. The zero-order valence-electron chi connectivity index (χ0n) is 16.1. The molecule has 0 fully saturated rings. The fourth-order valence-corrected chi connectivity index (χ4v) is 3.76. The van der Waals surface area contributed by atoms with Crippen LogP contribution < -0.4 is 15.2 Å². The molecule has 27 heavy (non-hydrogen) atoms. The summed E-state index contributed by atoms with van der Waals surface area (Å²) in [7, 11) is 1.56. The number of hydrogen-bond donors (Lipinski definition) is 1. The van der Waals surface area contributed by atoms with E-state index in [1.54, 1.807) is 19.2 Å². The Morgan fingerprint density at radius 1 is 1.33 bits per heavy atom. The zero-order valence-corrected chi connectivity index (χ0v) is 16.1. The summed E-state index contributed by atoms with van der Waals surface area (Å²) in [6, 6.07) is 7.55. The van der Waals surface area contributed by atoms with E-state index in [4.69, 9.17) is 19.9 Å². The second-order valence-corrected chi connectivity index (χ2v) is 7.55. The third-order valence-corrected chi connectivity index (χ3v) is 4.90. The van der Waals surface area contributed by atoms with Gasteiger partial charge in [0.25, 0.3) is 0 Å². The molecule has 142 valence electrons. The van der Waals surface area contributed by atoms with Crippen LogP contribution >= 0.6 is 0 Å². The number of carbonyl (C=O) groups excluding carboxylic acids is 1. The summed E-state index contributed by atoms with van der Waals surface area (Å²) in [4.78, 5) is 13.0. The fourth-order valence-electron chi connectivity index (χ4n) is 3.76. The van der Waals surface area contributed by atoms with Crippen LogP contribution in [0.3, 0.4) is 0 Å². The lowest BCUT2D eigenvalue weighted by Crippen LogP contribution is -2.33. The van der Waals surface area contributed by atoms with Crippen LogP contribution in [0.4, 0.5) is 0 Å². The van der Waals surface area contributed by atoms with Gasteiger partial charge in [0, 0.05) is 18.4 Å². The monoisotopic (exact) mass is 368 g/mol. The van der Waals surface area contributed by atoms with Crippen LogP contribution in [0.5, 0.6) is 11.5 Å². The maximum atomic E-state index is 13.0. The molecule has 2 N–H and O–H groups in total. The summed E-state index contributed by atoms with van der Waals surface area (Å²) < 4.78 is 16.7. The normalized spacial score (nSPS) is 21.3. The molecular formula is C21H24N2O4. The molecule has 0 saturated heterocycles. The Labute approximate surface area is 159 Å². The molecule has 1 aliphatic carbocycles. The lowest BCUT2D eigenvalue weighted by Gasteiger charge is -2.37. The minimum Gasteiger partial charge on any atom is -0.493 e. The van der Waals surface area contributed by atoms with Crippen LogP contribution in [0, 0.1) is 16.7 Å². The summed E-state index contributed by atoms with van der Waals surface area (Å²) >= 11 is 0. The maximum absolute atomic E-state index is 13.0. The van der Waals surface area contributed by atoms with E-state index in [0.717, 1.165) is 5.56 Å². The molecule has 1 aliphatic heterocycles. The molecule has 2 aliphatic rings. The van der Waals surface area contributed by atoms with Crippen LogP contribution in [0.15, 0.2) is 41.0 Å². The minimum atomic E-state index is -0.563. The summed E-state index contributed by atoms with van der Waals surface area (Å²) in [5.41, 5.74) is 7.34. The quantitative estimate of drug-likeness (QED) is 0.873. The SMILES string of the molecule is CCOc1ccc([C@H]2C(C#N)=C(N)OC3=C2C(=O)CC(C)(C)C3)cc1OC. The Balaban J connectivity index is 2.15. The zero-order chi connectivity index (χ0) is 19.8. The van der Waals surface area contributed by atoms with Crippen molar-refractivity contribution in [3.8, 4) is 17.6 Å². The summed E-state index contributed by atoms with van der Waals surface area (Å²) in [6.07, 6.45) is 0.997. The number of nitrogens with zero attached hydrogens (tertiary/aromatic N) is 1. The van der Waals surface area contributed by atoms with E-state index in [0.29, 0.717) is 42.3 Å². The Kier molecular flexibility index (Phi) is 4.88. The predicted molar refractivity (Wildman–Crippen MR) is 99.9 cm³/mol. The van der Waals surface area contributed by atoms with E-state index in [-0.39, 0.29) is 22.7 Å². The third-order valence-electron chi connectivity index (χ3n) is 4.90. The van der Waals surface area contributed by atoms with Crippen LogP contribution in [0.2, 0.25) is 0 Å². The molecule has 1 atom stereocenters. The molecule has 0 bridgehead atoms. The first-order chi connectivity index (χ1) is 12.8. The van der Waals surface area contributed by atoms with Crippen LogP contribution in [-0.4, -0.2) is 19.5 Å². The van der Waals surface area contributed by atoms with Gasteiger partial charge in [-0.2, -0.15) is 5.26 Å². The number of benzene rings is 1. The van der Waals surface area contributed by atoms with Gasteiger partial charge in [-0.05, 0) is 30.0 Å². The molecule has 3 rings (SSSR count). The highest BCUT2D eigenvalue weighted by Gasteiger charge is 2.43. The lowest BCUT2D eigenvalue weighted by atomic mass is 9.70.